The molecule has 1 aromatic rings. The highest BCUT2D eigenvalue weighted by Gasteiger charge is 2.92. The number of alkyl halides is 13. The molecule has 2 nitrogen and oxygen atoms in total. The van der Waals surface area contributed by atoms with E-state index in [0.29, 0.717) is 11.6 Å². The van der Waals surface area contributed by atoms with E-state index in [1.165, 1.54) is 24.3 Å². The van der Waals surface area contributed by atoms with Gasteiger partial charge in [0.25, 0.3) is 0 Å². The minimum absolute atomic E-state index is 0.198. The highest BCUT2D eigenvalue weighted by atomic mass is 19.4. The molecule has 0 amide bonds. The van der Waals surface area contributed by atoms with Gasteiger partial charge in [-0.2, -0.15) is 62.3 Å². The maximum Gasteiger partial charge on any atom is 0.460 e. The number of halogens is 13. The van der Waals surface area contributed by atoms with Crippen molar-refractivity contribution in [2.75, 3.05) is 0 Å². The number of benzene rings is 1. The van der Waals surface area contributed by atoms with Crippen molar-refractivity contribution in [2.24, 2.45) is 5.41 Å². The predicted molar refractivity (Wildman–Crippen MR) is 88.2 cm³/mol. The lowest BCUT2D eigenvalue weighted by Gasteiger charge is -2.46. The van der Waals surface area contributed by atoms with Gasteiger partial charge in [0, 0.05) is 0 Å². The van der Waals surface area contributed by atoms with Crippen LogP contribution in [0.1, 0.15) is 37.2 Å². The second kappa shape index (κ2) is 8.08. The fraction of sp³-hybridized carbons (Fsp3) is 0.632. The fourth-order valence-corrected chi connectivity index (χ4v) is 3.76. The van der Waals surface area contributed by atoms with Crippen molar-refractivity contribution in [3.05, 3.63) is 29.8 Å². The third kappa shape index (κ3) is 3.73. The van der Waals surface area contributed by atoms with Gasteiger partial charge in [-0.3, -0.25) is 0 Å². The number of nitriles is 1. The average Bonchev–Trinajstić information content (AvgIpc) is 2.72. The average molecular weight is 519 g/mol. The maximum atomic E-state index is 14.7. The molecule has 15 heteroatoms. The van der Waals surface area contributed by atoms with Crippen molar-refractivity contribution >= 4 is 0 Å². The van der Waals surface area contributed by atoms with Crippen LogP contribution in [0, 0.1) is 16.7 Å². The monoisotopic (exact) mass is 519 g/mol. The van der Waals surface area contributed by atoms with Crippen LogP contribution in [0.5, 0.6) is 5.75 Å². The highest BCUT2D eigenvalue weighted by molar-refractivity contribution is 5.30. The Kier molecular flexibility index (Phi) is 6.62. The molecular formula is C19H14F13NO. The molecule has 1 N–H and O–H groups in total. The lowest BCUT2D eigenvalue weighted by molar-refractivity contribution is -0.446. The summed E-state index contributed by atoms with van der Waals surface area (Å²) >= 11 is 0. The fourth-order valence-electron chi connectivity index (χ4n) is 3.76. The first-order chi connectivity index (χ1) is 15.1. The molecule has 0 heterocycles. The number of hydrogen-bond donors (Lipinski definition) is 1. The predicted octanol–water partition coefficient (Wildman–Crippen LogP) is 7.30. The topological polar surface area (TPSA) is 44.0 Å². The van der Waals surface area contributed by atoms with Gasteiger partial charge in [0.2, 0.25) is 0 Å². The molecular weight excluding hydrogens is 505 g/mol. The van der Waals surface area contributed by atoms with Gasteiger partial charge in [-0.25, -0.2) is 0 Å². The quantitative estimate of drug-likeness (QED) is 0.401. The number of hydrogen-bond acceptors (Lipinski definition) is 2. The molecule has 1 aliphatic carbocycles. The van der Waals surface area contributed by atoms with Crippen molar-refractivity contribution in [1.82, 2.24) is 0 Å². The maximum absolute atomic E-state index is 14.7. The minimum Gasteiger partial charge on any atom is -0.508 e. The molecule has 0 spiro atoms. The molecule has 2 rings (SSSR count). The van der Waals surface area contributed by atoms with E-state index in [1.807, 2.05) is 0 Å². The zero-order valence-electron chi connectivity index (χ0n) is 16.5. The van der Waals surface area contributed by atoms with Crippen LogP contribution in [0.25, 0.3) is 0 Å². The standard InChI is InChI=1S/C19H14F13NO/c20-14(21,15(22,23)16(24,25)17(26,27)18(28,29)19(30,31)32)13(9-33)7-5-11(6-8-13)10-1-3-12(34)4-2-10/h1-4,11,34H,5-8H2. The Morgan fingerprint density at radius 2 is 1.12 bits per heavy atom. The highest BCUT2D eigenvalue weighted by Crippen LogP contribution is 2.65. The van der Waals surface area contributed by atoms with E-state index < -0.39 is 72.8 Å². The van der Waals surface area contributed by atoms with Crippen molar-refractivity contribution in [2.45, 2.75) is 67.4 Å². The van der Waals surface area contributed by atoms with E-state index in [-0.39, 0.29) is 5.75 Å². The summed E-state index contributed by atoms with van der Waals surface area (Å²) in [5, 5.41) is 18.4. The molecule has 0 unspecified atom stereocenters. The van der Waals surface area contributed by atoms with Gasteiger partial charge in [0.1, 0.15) is 11.2 Å². The third-order valence-corrected chi connectivity index (χ3v) is 5.95. The van der Waals surface area contributed by atoms with E-state index in [1.54, 1.807) is 0 Å². The zero-order chi connectivity index (χ0) is 26.6. The first-order valence-electron chi connectivity index (χ1n) is 9.29. The van der Waals surface area contributed by atoms with Crippen LogP contribution < -0.4 is 0 Å². The summed E-state index contributed by atoms with van der Waals surface area (Å²) < 4.78 is 175. The van der Waals surface area contributed by atoms with Crippen LogP contribution in [0.4, 0.5) is 57.1 Å². The normalized spacial score (nSPS) is 23.5. The molecule has 1 aliphatic rings. The molecule has 0 aliphatic heterocycles. The van der Waals surface area contributed by atoms with Crippen LogP contribution in [0.15, 0.2) is 24.3 Å². The second-order valence-corrected chi connectivity index (χ2v) is 7.93. The van der Waals surface area contributed by atoms with E-state index in [0.717, 1.165) is 0 Å². The smallest absolute Gasteiger partial charge is 0.460 e. The minimum atomic E-state index is -7.99. The van der Waals surface area contributed by atoms with E-state index >= 15 is 0 Å². The van der Waals surface area contributed by atoms with Gasteiger partial charge in [0.05, 0.1) is 6.07 Å². The van der Waals surface area contributed by atoms with Crippen LogP contribution in [0.3, 0.4) is 0 Å². The Labute approximate surface area is 183 Å². The summed E-state index contributed by atoms with van der Waals surface area (Å²) in [4.78, 5) is 0. The largest absolute Gasteiger partial charge is 0.508 e. The SMILES string of the molecule is N#CC1(C(F)(F)C(F)(F)C(F)(F)C(F)(F)C(F)(F)C(F)(F)F)CCC(c2ccc(O)cc2)CC1. The lowest BCUT2D eigenvalue weighted by Crippen LogP contribution is -2.72. The molecule has 0 radical (unpaired) electrons. The van der Waals surface area contributed by atoms with Crippen LogP contribution in [0.2, 0.25) is 0 Å². The number of nitrogens with zero attached hydrogens (tertiary/aromatic N) is 1. The molecule has 0 bridgehead atoms. The Morgan fingerprint density at radius 1 is 0.706 bits per heavy atom. The summed E-state index contributed by atoms with van der Waals surface area (Å²) in [6.45, 7) is 0. The summed E-state index contributed by atoms with van der Waals surface area (Å²) in [7, 11) is 0. The molecule has 1 aromatic carbocycles. The zero-order valence-corrected chi connectivity index (χ0v) is 16.5. The lowest BCUT2D eigenvalue weighted by atomic mass is 9.64. The van der Waals surface area contributed by atoms with Gasteiger partial charge in [-0.1, -0.05) is 12.1 Å². The number of aromatic hydroxyl groups is 1. The Bertz CT molecular complexity index is 923. The number of phenols is 1. The molecule has 192 valence electrons. The Hall–Kier alpha value is -2.40. The molecule has 1 fully saturated rings. The first-order valence-corrected chi connectivity index (χ1v) is 9.29. The van der Waals surface area contributed by atoms with Gasteiger partial charge in [0.15, 0.2) is 0 Å². The molecule has 34 heavy (non-hydrogen) atoms. The van der Waals surface area contributed by atoms with Gasteiger partial charge in [-0.05, 0) is 49.3 Å². The molecule has 0 aromatic heterocycles. The third-order valence-electron chi connectivity index (χ3n) is 5.95. The summed E-state index contributed by atoms with van der Waals surface area (Å²) in [5.41, 5.74) is -3.42. The molecule has 0 atom stereocenters. The van der Waals surface area contributed by atoms with Crippen molar-refractivity contribution in [3.8, 4) is 11.8 Å². The first kappa shape index (κ1) is 27.8. The van der Waals surface area contributed by atoms with E-state index in [9.17, 15) is 62.2 Å². The van der Waals surface area contributed by atoms with Crippen LogP contribution in [-0.4, -0.2) is 40.9 Å². The van der Waals surface area contributed by atoms with Gasteiger partial charge >= 0.3 is 35.8 Å². The van der Waals surface area contributed by atoms with Gasteiger partial charge < -0.3 is 5.11 Å². The van der Waals surface area contributed by atoms with Crippen molar-refractivity contribution < 1.29 is 62.2 Å². The number of phenolic OH excluding ortho intramolecular Hbond substituents is 1. The summed E-state index contributed by atoms with van der Waals surface area (Å²) in [5.74, 6) is -38.6. The Balaban J connectivity index is 2.45. The number of rotatable bonds is 6. The van der Waals surface area contributed by atoms with Crippen molar-refractivity contribution in [3.63, 3.8) is 0 Å². The molecule has 1 saturated carbocycles. The van der Waals surface area contributed by atoms with Crippen LogP contribution in [-0.2, 0) is 0 Å². The van der Waals surface area contributed by atoms with Gasteiger partial charge in [-0.15, -0.1) is 0 Å². The second-order valence-electron chi connectivity index (χ2n) is 7.93. The summed E-state index contributed by atoms with van der Waals surface area (Å²) in [6.07, 6.45) is -11.2. The van der Waals surface area contributed by atoms with Crippen LogP contribution >= 0.6 is 0 Å². The van der Waals surface area contributed by atoms with Crippen molar-refractivity contribution in [1.29, 1.82) is 5.26 Å². The van der Waals surface area contributed by atoms with E-state index in [2.05, 4.69) is 0 Å². The Morgan fingerprint density at radius 3 is 1.50 bits per heavy atom. The van der Waals surface area contributed by atoms with E-state index in [4.69, 9.17) is 5.26 Å². The summed E-state index contributed by atoms with van der Waals surface area (Å²) in [6, 6.07) is 5.64. The molecule has 0 saturated heterocycles.